The maximum absolute atomic E-state index is 12.9. The van der Waals surface area contributed by atoms with E-state index in [4.69, 9.17) is 5.11 Å². The van der Waals surface area contributed by atoms with Crippen LogP contribution < -0.4 is 0 Å². The molecule has 0 amide bonds. The molecule has 92 valence electrons. The highest BCUT2D eigenvalue weighted by Crippen LogP contribution is 2.26. The van der Waals surface area contributed by atoms with Crippen LogP contribution in [0.4, 0.5) is 19.0 Å². The van der Waals surface area contributed by atoms with Crippen LogP contribution in [0, 0.1) is 16.1 Å². The van der Waals surface area contributed by atoms with Crippen molar-refractivity contribution in [3.8, 4) is 0 Å². The van der Waals surface area contributed by atoms with Gasteiger partial charge in [0, 0.05) is 0 Å². The molecule has 1 rings (SSSR count). The molecule has 0 aliphatic heterocycles. The highest BCUT2D eigenvalue weighted by atomic mass is 19.3. The number of hydrogen-bond donors (Lipinski definition) is 1. The number of alkyl halides is 2. The van der Waals surface area contributed by atoms with E-state index in [1.807, 2.05) is 0 Å². The van der Waals surface area contributed by atoms with E-state index in [9.17, 15) is 28.1 Å². The van der Waals surface area contributed by atoms with Gasteiger partial charge < -0.3 is 15.2 Å². The Morgan fingerprint density at radius 3 is 2.59 bits per heavy atom. The van der Waals surface area contributed by atoms with Crippen molar-refractivity contribution in [1.82, 2.24) is 4.98 Å². The number of carboxylic acid groups (broad SMARTS) is 1. The lowest BCUT2D eigenvalue weighted by Gasteiger charge is -2.03. The number of carbonyl (C=O) groups is 1. The van der Waals surface area contributed by atoms with Crippen molar-refractivity contribution in [3.05, 3.63) is 33.3 Å². The monoisotopic (exact) mass is 250 g/mol. The molecule has 1 heterocycles. The van der Waals surface area contributed by atoms with Gasteiger partial charge in [-0.1, -0.05) is 0 Å². The number of nitro groups is 1. The SMILES string of the molecule is O=C(O)Cc1cc(C(F)F)c(F)nc1[N+](=O)[O-]. The first kappa shape index (κ1) is 12.9. The average molecular weight is 250 g/mol. The van der Waals surface area contributed by atoms with E-state index in [-0.39, 0.29) is 0 Å². The molecule has 0 aliphatic carbocycles. The van der Waals surface area contributed by atoms with Gasteiger partial charge in [0.05, 0.1) is 17.5 Å². The Hall–Kier alpha value is -2.19. The second kappa shape index (κ2) is 4.76. The second-order valence-corrected chi connectivity index (χ2v) is 2.98. The maximum Gasteiger partial charge on any atom is 0.370 e. The molecule has 0 atom stereocenters. The van der Waals surface area contributed by atoms with Crippen LogP contribution >= 0.6 is 0 Å². The second-order valence-electron chi connectivity index (χ2n) is 2.98. The van der Waals surface area contributed by atoms with E-state index >= 15 is 0 Å². The van der Waals surface area contributed by atoms with Gasteiger partial charge >= 0.3 is 17.7 Å². The van der Waals surface area contributed by atoms with Crippen LogP contribution in [0.25, 0.3) is 0 Å². The van der Waals surface area contributed by atoms with E-state index in [1.54, 1.807) is 0 Å². The lowest BCUT2D eigenvalue weighted by atomic mass is 10.1. The number of rotatable bonds is 4. The van der Waals surface area contributed by atoms with Gasteiger partial charge in [-0.05, 0) is 16.0 Å². The maximum atomic E-state index is 12.9. The summed E-state index contributed by atoms with van der Waals surface area (Å²) >= 11 is 0. The van der Waals surface area contributed by atoms with E-state index in [1.165, 1.54) is 0 Å². The largest absolute Gasteiger partial charge is 0.481 e. The van der Waals surface area contributed by atoms with Gasteiger partial charge in [0.25, 0.3) is 6.43 Å². The summed E-state index contributed by atoms with van der Waals surface area (Å²) in [6, 6.07) is 0.444. The summed E-state index contributed by atoms with van der Waals surface area (Å²) in [5.74, 6) is -4.23. The minimum Gasteiger partial charge on any atom is -0.481 e. The van der Waals surface area contributed by atoms with Crippen molar-refractivity contribution >= 4 is 11.8 Å². The van der Waals surface area contributed by atoms with Gasteiger partial charge in [0.1, 0.15) is 0 Å². The predicted molar refractivity (Wildman–Crippen MR) is 47.1 cm³/mol. The highest BCUT2D eigenvalue weighted by molar-refractivity contribution is 5.71. The first-order valence-corrected chi connectivity index (χ1v) is 4.16. The summed E-state index contributed by atoms with van der Waals surface area (Å²) in [6.45, 7) is 0. The van der Waals surface area contributed by atoms with Crippen LogP contribution in [-0.4, -0.2) is 21.0 Å². The number of aromatic nitrogens is 1. The Balaban J connectivity index is 3.36. The molecule has 0 saturated carbocycles. The highest BCUT2D eigenvalue weighted by Gasteiger charge is 2.27. The van der Waals surface area contributed by atoms with Crippen molar-refractivity contribution in [2.45, 2.75) is 12.8 Å². The van der Waals surface area contributed by atoms with Crippen LogP contribution in [-0.2, 0) is 11.2 Å². The first-order chi connectivity index (χ1) is 7.82. The van der Waals surface area contributed by atoms with Crippen molar-refractivity contribution in [3.63, 3.8) is 0 Å². The third kappa shape index (κ3) is 2.89. The van der Waals surface area contributed by atoms with Crippen LogP contribution in [0.15, 0.2) is 6.07 Å². The van der Waals surface area contributed by atoms with Crippen molar-refractivity contribution < 1.29 is 28.0 Å². The quantitative estimate of drug-likeness (QED) is 0.498. The molecule has 0 unspecified atom stereocenters. The molecule has 17 heavy (non-hydrogen) atoms. The summed E-state index contributed by atoms with van der Waals surface area (Å²) in [6.07, 6.45) is -4.11. The zero-order valence-electron chi connectivity index (χ0n) is 8.06. The van der Waals surface area contributed by atoms with Gasteiger partial charge in [-0.2, -0.15) is 4.39 Å². The Morgan fingerprint density at radius 2 is 2.18 bits per heavy atom. The normalized spacial score (nSPS) is 10.6. The standard InChI is InChI=1S/C8H5F3N2O4/c9-6(10)4-1-3(2-5(14)15)8(13(16)17)12-7(4)11/h1,6H,2H2,(H,14,15). The molecule has 1 N–H and O–H groups in total. The molecule has 9 heteroatoms. The number of aliphatic carboxylic acids is 1. The fourth-order valence-corrected chi connectivity index (χ4v) is 1.15. The van der Waals surface area contributed by atoms with Crippen LogP contribution in [0.1, 0.15) is 17.6 Å². The molecule has 0 aromatic carbocycles. The molecule has 1 aromatic rings. The molecular weight excluding hydrogens is 245 g/mol. The van der Waals surface area contributed by atoms with Gasteiger partial charge in [0.2, 0.25) is 0 Å². The molecule has 0 saturated heterocycles. The third-order valence-corrected chi connectivity index (χ3v) is 1.81. The van der Waals surface area contributed by atoms with Crippen molar-refractivity contribution in [2.24, 2.45) is 0 Å². The van der Waals surface area contributed by atoms with E-state index in [0.717, 1.165) is 0 Å². The fourth-order valence-electron chi connectivity index (χ4n) is 1.15. The zero-order chi connectivity index (χ0) is 13.2. The van der Waals surface area contributed by atoms with Crippen molar-refractivity contribution in [2.75, 3.05) is 0 Å². The summed E-state index contributed by atoms with van der Waals surface area (Å²) in [7, 11) is 0. The fraction of sp³-hybridized carbons (Fsp3) is 0.250. The number of halogens is 3. The number of carboxylic acids is 1. The Bertz CT molecular complexity index is 478. The Kier molecular flexibility index (Phi) is 3.61. The summed E-state index contributed by atoms with van der Waals surface area (Å²) < 4.78 is 37.5. The van der Waals surface area contributed by atoms with E-state index < -0.39 is 46.6 Å². The molecule has 6 nitrogen and oxygen atoms in total. The zero-order valence-corrected chi connectivity index (χ0v) is 8.06. The van der Waals surface area contributed by atoms with E-state index in [2.05, 4.69) is 4.98 Å². The Labute approximate surface area is 91.9 Å². The third-order valence-electron chi connectivity index (χ3n) is 1.81. The lowest BCUT2D eigenvalue weighted by Crippen LogP contribution is -2.08. The lowest BCUT2D eigenvalue weighted by molar-refractivity contribution is -0.390. The minimum atomic E-state index is -3.23. The number of nitrogens with zero attached hydrogens (tertiary/aromatic N) is 2. The van der Waals surface area contributed by atoms with E-state index in [0.29, 0.717) is 6.07 Å². The summed E-state index contributed by atoms with van der Waals surface area (Å²) in [5, 5.41) is 18.9. The molecule has 0 radical (unpaired) electrons. The van der Waals surface area contributed by atoms with Crippen molar-refractivity contribution in [1.29, 1.82) is 0 Å². The van der Waals surface area contributed by atoms with Gasteiger partial charge in [-0.25, -0.2) is 8.78 Å². The van der Waals surface area contributed by atoms with Gasteiger partial charge in [-0.15, -0.1) is 0 Å². The molecule has 0 fully saturated rings. The average Bonchev–Trinajstić information content (AvgIpc) is 2.18. The van der Waals surface area contributed by atoms with Crippen LogP contribution in [0.5, 0.6) is 0 Å². The molecule has 1 aromatic heterocycles. The van der Waals surface area contributed by atoms with Gasteiger partial charge in [-0.3, -0.25) is 4.79 Å². The predicted octanol–water partition coefficient (Wildman–Crippen LogP) is 1.69. The summed E-state index contributed by atoms with van der Waals surface area (Å²) in [4.78, 5) is 22.4. The van der Waals surface area contributed by atoms with Crippen LogP contribution in [0.2, 0.25) is 0 Å². The summed E-state index contributed by atoms with van der Waals surface area (Å²) in [5.41, 5.74) is -1.73. The number of hydrogen-bond acceptors (Lipinski definition) is 4. The molecule has 0 bridgehead atoms. The number of pyridine rings is 1. The molecule has 0 aliphatic rings. The topological polar surface area (TPSA) is 93.3 Å². The van der Waals surface area contributed by atoms with Gasteiger partial charge in [0.15, 0.2) is 0 Å². The smallest absolute Gasteiger partial charge is 0.370 e. The Morgan fingerprint density at radius 1 is 1.59 bits per heavy atom. The molecule has 0 spiro atoms. The first-order valence-electron chi connectivity index (χ1n) is 4.16. The molecular formula is C8H5F3N2O4. The minimum absolute atomic E-state index is 0.444. The van der Waals surface area contributed by atoms with Crippen LogP contribution in [0.3, 0.4) is 0 Å².